The highest BCUT2D eigenvalue weighted by Gasteiger charge is 2.20. The van der Waals surface area contributed by atoms with Crippen LogP contribution in [0.25, 0.3) is 108 Å². The Hall–Kier alpha value is -6.22. The number of rotatable bonds is 3. The lowest BCUT2D eigenvalue weighted by Gasteiger charge is -2.18. The second kappa shape index (κ2) is 10.6. The Morgan fingerprint density at radius 3 is 1.48 bits per heavy atom. The van der Waals surface area contributed by atoms with Crippen molar-refractivity contribution < 1.29 is 4.42 Å². The Kier molecular flexibility index (Phi) is 5.89. The van der Waals surface area contributed by atoms with E-state index in [9.17, 15) is 0 Å². The van der Waals surface area contributed by atoms with Crippen molar-refractivity contribution >= 4 is 85.8 Å². The summed E-state index contributed by atoms with van der Waals surface area (Å²) in [5, 5.41) is 12.2. The largest absolute Gasteiger partial charge is 0.455 e. The molecule has 2 aromatic heterocycles. The zero-order valence-corrected chi connectivity index (χ0v) is 27.8. The topological polar surface area (TPSA) is 13.1 Å². The minimum absolute atomic E-state index is 0.954. The lowest BCUT2D eigenvalue weighted by Crippen LogP contribution is -1.91. The molecule has 0 N–H and O–H groups in total. The Morgan fingerprint density at radius 1 is 0.320 bits per heavy atom. The monoisotopic (exact) mass is 652 g/mol. The molecule has 2 heteroatoms. The predicted molar refractivity (Wildman–Crippen MR) is 215 cm³/mol. The fourth-order valence-corrected chi connectivity index (χ4v) is 9.38. The maximum absolute atomic E-state index is 6.84. The van der Waals surface area contributed by atoms with Crippen LogP contribution in [0.2, 0.25) is 0 Å². The standard InChI is InChI=1S/C48H28OS/c1-2-12-30(13-3-1)44-33-15-5-7-17-35(33)45(36-18-8-6-16-34(36)44)31-24-22-29(23-25-31)40-28-41-38-26-27-43-46(39-20-10-11-21-42(39)50-43)48(38)49-47(41)37-19-9-4-14-32(37)40/h1-28H. The van der Waals surface area contributed by atoms with Gasteiger partial charge < -0.3 is 4.42 Å². The van der Waals surface area contributed by atoms with E-state index in [0.717, 1.165) is 27.3 Å². The van der Waals surface area contributed by atoms with Gasteiger partial charge in [-0.05, 0) is 84.6 Å². The maximum atomic E-state index is 6.84. The van der Waals surface area contributed by atoms with Gasteiger partial charge in [-0.25, -0.2) is 0 Å². The molecule has 0 saturated carbocycles. The Morgan fingerprint density at radius 2 is 0.820 bits per heavy atom. The van der Waals surface area contributed by atoms with Gasteiger partial charge in [0.25, 0.3) is 0 Å². The molecule has 0 saturated heterocycles. The van der Waals surface area contributed by atoms with Gasteiger partial charge in [-0.2, -0.15) is 0 Å². The van der Waals surface area contributed by atoms with Crippen LogP contribution in [0.1, 0.15) is 0 Å². The third-order valence-corrected chi connectivity index (χ3v) is 11.6. The van der Waals surface area contributed by atoms with E-state index in [1.807, 2.05) is 11.3 Å². The van der Waals surface area contributed by atoms with Crippen molar-refractivity contribution in [2.75, 3.05) is 0 Å². The van der Waals surface area contributed by atoms with Crippen LogP contribution in [0.15, 0.2) is 174 Å². The molecule has 232 valence electrons. The number of benzene rings is 9. The van der Waals surface area contributed by atoms with Crippen LogP contribution in [0.3, 0.4) is 0 Å². The highest BCUT2D eigenvalue weighted by Crippen LogP contribution is 2.47. The van der Waals surface area contributed by atoms with Crippen molar-refractivity contribution in [3.63, 3.8) is 0 Å². The summed E-state index contributed by atoms with van der Waals surface area (Å²) >= 11 is 1.83. The Labute approximate surface area is 292 Å². The molecule has 50 heavy (non-hydrogen) atoms. The summed E-state index contributed by atoms with van der Waals surface area (Å²) in [7, 11) is 0. The van der Waals surface area contributed by atoms with E-state index >= 15 is 0 Å². The lowest BCUT2D eigenvalue weighted by atomic mass is 9.85. The SMILES string of the molecule is c1ccc(-c2c3ccccc3c(-c3ccc(-c4cc5c6ccc7sc8ccccc8c7c6oc5c5ccccc45)cc3)c3ccccc23)cc1. The minimum Gasteiger partial charge on any atom is -0.455 e. The van der Waals surface area contributed by atoms with E-state index in [1.54, 1.807) is 0 Å². The first kappa shape index (κ1) is 27.7. The van der Waals surface area contributed by atoms with Crippen molar-refractivity contribution in [3.8, 4) is 33.4 Å². The molecule has 0 spiro atoms. The highest BCUT2D eigenvalue weighted by molar-refractivity contribution is 7.26. The fourth-order valence-electron chi connectivity index (χ4n) is 8.27. The smallest absolute Gasteiger partial charge is 0.144 e. The van der Waals surface area contributed by atoms with Crippen molar-refractivity contribution in [2.24, 2.45) is 0 Å². The van der Waals surface area contributed by atoms with E-state index in [2.05, 4.69) is 170 Å². The molecule has 11 aromatic rings. The van der Waals surface area contributed by atoms with Crippen LogP contribution in [0, 0.1) is 0 Å². The van der Waals surface area contributed by atoms with Gasteiger partial charge in [0.2, 0.25) is 0 Å². The van der Waals surface area contributed by atoms with E-state index in [4.69, 9.17) is 4.42 Å². The zero-order valence-electron chi connectivity index (χ0n) is 27.0. The number of thiophene rings is 1. The molecule has 0 bridgehead atoms. The Bertz CT molecular complexity index is 3070. The van der Waals surface area contributed by atoms with Crippen LogP contribution < -0.4 is 0 Å². The van der Waals surface area contributed by atoms with Crippen molar-refractivity contribution in [1.82, 2.24) is 0 Å². The van der Waals surface area contributed by atoms with Gasteiger partial charge in [0.15, 0.2) is 0 Å². The minimum atomic E-state index is 0.954. The summed E-state index contributed by atoms with van der Waals surface area (Å²) in [4.78, 5) is 0. The second-order valence-electron chi connectivity index (χ2n) is 13.1. The van der Waals surface area contributed by atoms with Gasteiger partial charge in [-0.15, -0.1) is 11.3 Å². The zero-order chi connectivity index (χ0) is 32.8. The summed E-state index contributed by atoms with van der Waals surface area (Å²) in [5.74, 6) is 0. The van der Waals surface area contributed by atoms with E-state index in [-0.39, 0.29) is 0 Å². The molecule has 0 aliphatic heterocycles. The molecule has 0 atom stereocenters. The van der Waals surface area contributed by atoms with Gasteiger partial charge in [0.1, 0.15) is 11.2 Å². The van der Waals surface area contributed by atoms with Gasteiger partial charge in [0, 0.05) is 36.3 Å². The van der Waals surface area contributed by atoms with Gasteiger partial charge in [-0.3, -0.25) is 0 Å². The molecule has 11 rings (SSSR count). The molecular formula is C48H28OS. The molecule has 9 aromatic carbocycles. The van der Waals surface area contributed by atoms with Crippen molar-refractivity contribution in [1.29, 1.82) is 0 Å². The molecule has 0 amide bonds. The Balaban J connectivity index is 1.13. The molecule has 0 aliphatic carbocycles. The van der Waals surface area contributed by atoms with Crippen molar-refractivity contribution in [3.05, 3.63) is 170 Å². The normalized spacial score (nSPS) is 12.0. The van der Waals surface area contributed by atoms with Gasteiger partial charge in [0.05, 0.1) is 0 Å². The summed E-state index contributed by atoms with van der Waals surface area (Å²) in [6.07, 6.45) is 0. The first-order valence-corrected chi connectivity index (χ1v) is 17.9. The predicted octanol–water partition coefficient (Wildman–Crippen LogP) is 14.4. The summed E-state index contributed by atoms with van der Waals surface area (Å²) in [6.45, 7) is 0. The van der Waals surface area contributed by atoms with Crippen LogP contribution in [-0.4, -0.2) is 0 Å². The molecule has 1 nitrogen and oxygen atoms in total. The molecule has 0 aliphatic rings. The van der Waals surface area contributed by atoms with Crippen LogP contribution in [0.5, 0.6) is 0 Å². The highest BCUT2D eigenvalue weighted by atomic mass is 32.1. The summed E-state index contributed by atoms with van der Waals surface area (Å²) in [5.41, 5.74) is 9.35. The molecule has 0 fully saturated rings. The first-order chi connectivity index (χ1) is 24.8. The van der Waals surface area contributed by atoms with E-state index in [1.165, 1.54) is 80.5 Å². The van der Waals surface area contributed by atoms with Gasteiger partial charge >= 0.3 is 0 Å². The maximum Gasteiger partial charge on any atom is 0.144 e. The number of furan rings is 1. The number of fused-ring (bicyclic) bond motifs is 11. The van der Waals surface area contributed by atoms with E-state index < -0.39 is 0 Å². The van der Waals surface area contributed by atoms with E-state index in [0.29, 0.717) is 0 Å². The van der Waals surface area contributed by atoms with Crippen molar-refractivity contribution in [2.45, 2.75) is 0 Å². The van der Waals surface area contributed by atoms with Crippen LogP contribution >= 0.6 is 11.3 Å². The average molecular weight is 653 g/mol. The molecular weight excluding hydrogens is 625 g/mol. The first-order valence-electron chi connectivity index (χ1n) is 17.1. The fraction of sp³-hybridized carbons (Fsp3) is 0. The summed E-state index contributed by atoms with van der Waals surface area (Å²) in [6, 6.07) is 61.9. The van der Waals surface area contributed by atoms with Crippen LogP contribution in [0.4, 0.5) is 0 Å². The molecule has 2 heterocycles. The average Bonchev–Trinajstić information content (AvgIpc) is 3.76. The second-order valence-corrected chi connectivity index (χ2v) is 14.2. The summed E-state index contributed by atoms with van der Waals surface area (Å²) < 4.78 is 9.39. The quantitative estimate of drug-likeness (QED) is 0.173. The molecule has 0 radical (unpaired) electrons. The molecule has 0 unspecified atom stereocenters. The third-order valence-electron chi connectivity index (χ3n) is 10.5. The van der Waals surface area contributed by atoms with Gasteiger partial charge in [-0.1, -0.05) is 146 Å². The lowest BCUT2D eigenvalue weighted by molar-refractivity contribution is 0.677. The number of hydrogen-bond acceptors (Lipinski definition) is 2. The van der Waals surface area contributed by atoms with Crippen LogP contribution in [-0.2, 0) is 0 Å². The third kappa shape index (κ3) is 3.94. The number of hydrogen-bond donors (Lipinski definition) is 0.